The molecule has 7 heteroatoms. The van der Waals surface area contributed by atoms with Crippen LogP contribution in [0.25, 0.3) is 0 Å². The molecule has 160 valence electrons. The summed E-state index contributed by atoms with van der Waals surface area (Å²) in [6.45, 7) is 3.88. The number of methoxy groups -OCH3 is 3. The molecule has 1 aliphatic carbocycles. The topological polar surface area (TPSA) is 83.1 Å². The van der Waals surface area contributed by atoms with Crippen molar-refractivity contribution in [1.82, 2.24) is 0 Å². The molecule has 1 amide bonds. The molecule has 0 heterocycles. The molecule has 0 unspecified atom stereocenters. The van der Waals surface area contributed by atoms with E-state index in [1.165, 1.54) is 21.3 Å². The second-order valence-corrected chi connectivity index (χ2v) is 7.23. The number of benzene rings is 2. The quantitative estimate of drug-likeness (QED) is 0.525. The highest BCUT2D eigenvalue weighted by atomic mass is 16.5. The Hall–Kier alpha value is -3.22. The minimum absolute atomic E-state index is 0.195. The zero-order chi connectivity index (χ0) is 21.9. The van der Waals surface area contributed by atoms with Crippen LogP contribution in [0.4, 0.5) is 5.69 Å². The van der Waals surface area contributed by atoms with E-state index in [1.807, 2.05) is 31.2 Å². The number of carbonyl (C=O) groups excluding carboxylic acids is 2. The summed E-state index contributed by atoms with van der Waals surface area (Å²) in [7, 11) is 4.57. The second kappa shape index (κ2) is 8.65. The van der Waals surface area contributed by atoms with Gasteiger partial charge in [0.2, 0.25) is 11.7 Å². The third kappa shape index (κ3) is 3.79. The first-order valence-corrected chi connectivity index (χ1v) is 9.76. The first-order valence-electron chi connectivity index (χ1n) is 9.76. The number of nitrogens with one attached hydrogen (secondary N) is 1. The van der Waals surface area contributed by atoms with Crippen LogP contribution < -0.4 is 19.5 Å². The van der Waals surface area contributed by atoms with Crippen molar-refractivity contribution in [3.8, 4) is 17.2 Å². The summed E-state index contributed by atoms with van der Waals surface area (Å²) in [4.78, 5) is 26.1. The molecule has 30 heavy (non-hydrogen) atoms. The number of esters is 1. The van der Waals surface area contributed by atoms with E-state index in [-0.39, 0.29) is 18.4 Å². The Morgan fingerprint density at radius 3 is 2.13 bits per heavy atom. The average molecular weight is 413 g/mol. The monoisotopic (exact) mass is 413 g/mol. The largest absolute Gasteiger partial charge is 0.493 e. The third-order valence-electron chi connectivity index (χ3n) is 5.40. The minimum Gasteiger partial charge on any atom is -0.493 e. The van der Waals surface area contributed by atoms with E-state index in [0.29, 0.717) is 29.4 Å². The molecule has 1 aliphatic rings. The summed E-state index contributed by atoms with van der Waals surface area (Å²) in [6, 6.07) is 11.0. The maximum Gasteiger partial charge on any atom is 0.322 e. The molecular formula is C23H27NO6. The minimum atomic E-state index is -1.30. The van der Waals surface area contributed by atoms with Gasteiger partial charge >= 0.3 is 5.97 Å². The van der Waals surface area contributed by atoms with E-state index in [1.54, 1.807) is 19.1 Å². The van der Waals surface area contributed by atoms with Gasteiger partial charge in [-0.1, -0.05) is 17.7 Å². The zero-order valence-corrected chi connectivity index (χ0v) is 17.9. The van der Waals surface area contributed by atoms with Gasteiger partial charge in [0.15, 0.2) is 16.9 Å². The number of carbonyl (C=O) groups is 2. The van der Waals surface area contributed by atoms with Gasteiger partial charge in [0, 0.05) is 11.6 Å². The lowest BCUT2D eigenvalue weighted by molar-refractivity contribution is -0.153. The Bertz CT molecular complexity index is 914. The van der Waals surface area contributed by atoms with E-state index < -0.39 is 11.4 Å². The number of aryl methyl sites for hydroxylation is 1. The van der Waals surface area contributed by atoms with Crippen molar-refractivity contribution in [1.29, 1.82) is 0 Å². The Kier molecular flexibility index (Phi) is 6.20. The molecule has 0 radical (unpaired) electrons. The predicted molar refractivity (Wildman–Crippen MR) is 112 cm³/mol. The van der Waals surface area contributed by atoms with E-state index in [9.17, 15) is 9.59 Å². The van der Waals surface area contributed by atoms with Crippen molar-refractivity contribution in [2.24, 2.45) is 5.41 Å². The Morgan fingerprint density at radius 1 is 1.03 bits per heavy atom. The van der Waals surface area contributed by atoms with Crippen molar-refractivity contribution in [2.45, 2.75) is 26.2 Å². The molecule has 0 aromatic heterocycles. The highest BCUT2D eigenvalue weighted by Gasteiger charge is 2.67. The van der Waals surface area contributed by atoms with Crippen molar-refractivity contribution in [2.75, 3.05) is 33.3 Å². The van der Waals surface area contributed by atoms with Crippen LogP contribution in [0.15, 0.2) is 36.4 Å². The van der Waals surface area contributed by atoms with Gasteiger partial charge < -0.3 is 24.3 Å². The molecule has 0 spiro atoms. The molecule has 1 N–H and O–H groups in total. The van der Waals surface area contributed by atoms with Crippen molar-refractivity contribution in [3.63, 3.8) is 0 Å². The highest BCUT2D eigenvalue weighted by molar-refractivity contribution is 6.13. The summed E-state index contributed by atoms with van der Waals surface area (Å²) in [5, 5.41) is 2.86. The maximum atomic E-state index is 13.2. The van der Waals surface area contributed by atoms with E-state index >= 15 is 0 Å². The van der Waals surface area contributed by atoms with Crippen LogP contribution in [0.1, 0.15) is 30.4 Å². The zero-order valence-electron chi connectivity index (χ0n) is 17.9. The normalized spacial score (nSPS) is 19.6. The number of anilines is 1. The molecule has 0 aliphatic heterocycles. The lowest BCUT2D eigenvalue weighted by atomic mass is 9.97. The fourth-order valence-corrected chi connectivity index (χ4v) is 3.68. The maximum absolute atomic E-state index is 13.2. The van der Waals surface area contributed by atoms with Crippen LogP contribution in [0.2, 0.25) is 0 Å². The molecule has 1 saturated carbocycles. The molecule has 1 fully saturated rings. The molecule has 0 bridgehead atoms. The smallest absolute Gasteiger partial charge is 0.322 e. The number of hydrogen-bond donors (Lipinski definition) is 1. The van der Waals surface area contributed by atoms with Crippen LogP contribution >= 0.6 is 0 Å². The molecule has 2 aromatic rings. The standard InChI is InChI=1S/C23H27NO6/c1-6-30-22(26)23(21(25)24-16-9-7-14(2)8-10-16)13-17(23)15-11-18(27-3)20(29-5)19(12-15)28-4/h7-12,17H,6,13H2,1-5H3,(H,24,25)/t17-,23+/m1/s1. The summed E-state index contributed by atoms with van der Waals surface area (Å²) in [5.74, 6) is 0.105. The fourth-order valence-electron chi connectivity index (χ4n) is 3.68. The third-order valence-corrected chi connectivity index (χ3v) is 5.40. The Labute approximate surface area is 176 Å². The fraction of sp³-hybridized carbons (Fsp3) is 0.391. The van der Waals surface area contributed by atoms with E-state index in [2.05, 4.69) is 5.32 Å². The van der Waals surface area contributed by atoms with Crippen LogP contribution in [-0.2, 0) is 14.3 Å². The molecular weight excluding hydrogens is 386 g/mol. The predicted octanol–water partition coefficient (Wildman–Crippen LogP) is 3.70. The van der Waals surface area contributed by atoms with E-state index in [4.69, 9.17) is 18.9 Å². The summed E-state index contributed by atoms with van der Waals surface area (Å²) in [6.07, 6.45) is 0.335. The van der Waals surface area contributed by atoms with Gasteiger partial charge in [-0.3, -0.25) is 9.59 Å². The molecule has 2 aromatic carbocycles. The van der Waals surface area contributed by atoms with Crippen molar-refractivity contribution >= 4 is 17.6 Å². The first kappa shape index (κ1) is 21.5. The number of amides is 1. The number of hydrogen-bond acceptors (Lipinski definition) is 6. The molecule has 0 saturated heterocycles. The van der Waals surface area contributed by atoms with Crippen LogP contribution in [0.5, 0.6) is 17.2 Å². The van der Waals surface area contributed by atoms with Gasteiger partial charge in [-0.2, -0.15) is 0 Å². The first-order chi connectivity index (χ1) is 14.4. The van der Waals surface area contributed by atoms with Gasteiger partial charge in [-0.05, 0) is 50.1 Å². The summed E-state index contributed by atoms with van der Waals surface area (Å²) in [5.41, 5.74) is 1.15. The second-order valence-electron chi connectivity index (χ2n) is 7.23. The Morgan fingerprint density at radius 2 is 1.63 bits per heavy atom. The van der Waals surface area contributed by atoms with Gasteiger partial charge in [0.25, 0.3) is 0 Å². The average Bonchev–Trinajstić information content (AvgIpc) is 3.51. The van der Waals surface area contributed by atoms with Gasteiger partial charge in [-0.25, -0.2) is 0 Å². The molecule has 2 atom stereocenters. The number of ether oxygens (including phenoxy) is 4. The van der Waals surface area contributed by atoms with Gasteiger partial charge in [-0.15, -0.1) is 0 Å². The SMILES string of the molecule is CCOC(=O)[C@@]1(C(=O)Nc2ccc(C)cc2)C[C@@H]1c1cc(OC)c(OC)c(OC)c1. The summed E-state index contributed by atoms with van der Waals surface area (Å²) >= 11 is 0. The lowest BCUT2D eigenvalue weighted by Gasteiger charge is -2.18. The molecule has 7 nitrogen and oxygen atoms in total. The summed E-state index contributed by atoms with van der Waals surface area (Å²) < 4.78 is 21.5. The van der Waals surface area contributed by atoms with Gasteiger partial charge in [0.05, 0.1) is 27.9 Å². The lowest BCUT2D eigenvalue weighted by Crippen LogP contribution is -2.34. The Balaban J connectivity index is 1.96. The number of rotatable bonds is 8. The van der Waals surface area contributed by atoms with Crippen LogP contribution in [0, 0.1) is 12.3 Å². The van der Waals surface area contributed by atoms with Crippen molar-refractivity contribution in [3.05, 3.63) is 47.5 Å². The van der Waals surface area contributed by atoms with Crippen LogP contribution in [0.3, 0.4) is 0 Å². The van der Waals surface area contributed by atoms with Gasteiger partial charge in [0.1, 0.15) is 0 Å². The highest BCUT2D eigenvalue weighted by Crippen LogP contribution is 2.62. The van der Waals surface area contributed by atoms with Crippen LogP contribution in [-0.4, -0.2) is 39.8 Å². The van der Waals surface area contributed by atoms with Crippen molar-refractivity contribution < 1.29 is 28.5 Å². The molecule has 3 rings (SSSR count). The van der Waals surface area contributed by atoms with E-state index in [0.717, 1.165) is 11.1 Å².